The number of anilines is 1. The van der Waals surface area contributed by atoms with Gasteiger partial charge >= 0.3 is 0 Å². The largest absolute Gasteiger partial charge is 0.390 e. The maximum absolute atomic E-state index is 9.71. The van der Waals surface area contributed by atoms with E-state index in [1.165, 1.54) is 29.7 Å². The molecule has 1 aromatic carbocycles. The van der Waals surface area contributed by atoms with E-state index in [1.807, 2.05) is 13.8 Å². The Balaban J connectivity index is 2.06. The molecule has 0 aromatic heterocycles. The predicted octanol–water partition coefficient (Wildman–Crippen LogP) is 2.75. The highest BCUT2D eigenvalue weighted by Gasteiger charge is 2.13. The fraction of sp³-hybridized carbons (Fsp3) is 0.571. The van der Waals surface area contributed by atoms with Gasteiger partial charge in [0.15, 0.2) is 0 Å². The summed E-state index contributed by atoms with van der Waals surface area (Å²) in [5.41, 5.74) is 3.50. The van der Waals surface area contributed by atoms with Crippen molar-refractivity contribution >= 4 is 5.69 Å². The van der Waals surface area contributed by atoms with Crippen LogP contribution in [-0.4, -0.2) is 17.3 Å². The Kier molecular flexibility index (Phi) is 3.20. The Labute approximate surface area is 97.7 Å². The first-order valence-corrected chi connectivity index (χ1v) is 6.13. The number of hydrogen-bond acceptors (Lipinski definition) is 2. The van der Waals surface area contributed by atoms with Crippen LogP contribution in [0.25, 0.3) is 0 Å². The van der Waals surface area contributed by atoms with Crippen LogP contribution in [0.5, 0.6) is 0 Å². The minimum atomic E-state index is -0.561. The number of nitrogens with one attached hydrogen (secondary N) is 1. The molecule has 0 unspecified atom stereocenters. The van der Waals surface area contributed by atoms with Crippen LogP contribution < -0.4 is 5.32 Å². The standard InChI is InChI=1S/C14H21NO/c1-14(2,16)8-7-11-5-6-13-12(10-11)4-3-9-15-13/h5-6,10,15-16H,3-4,7-9H2,1-2H3. The summed E-state index contributed by atoms with van der Waals surface area (Å²) in [6.45, 7) is 4.83. The molecule has 2 rings (SSSR count). The van der Waals surface area contributed by atoms with Crippen LogP contribution in [-0.2, 0) is 12.8 Å². The molecule has 1 aromatic rings. The molecule has 2 nitrogen and oxygen atoms in total. The molecule has 88 valence electrons. The molecule has 0 spiro atoms. The van der Waals surface area contributed by atoms with Crippen molar-refractivity contribution in [3.63, 3.8) is 0 Å². The molecule has 0 amide bonds. The summed E-state index contributed by atoms with van der Waals surface area (Å²) in [5.74, 6) is 0. The Hall–Kier alpha value is -1.02. The van der Waals surface area contributed by atoms with Gasteiger partial charge in [-0.15, -0.1) is 0 Å². The number of rotatable bonds is 3. The van der Waals surface area contributed by atoms with Gasteiger partial charge in [0.25, 0.3) is 0 Å². The summed E-state index contributed by atoms with van der Waals surface area (Å²) in [4.78, 5) is 0. The monoisotopic (exact) mass is 219 g/mol. The van der Waals surface area contributed by atoms with Crippen molar-refractivity contribution in [2.45, 2.75) is 45.1 Å². The van der Waals surface area contributed by atoms with Crippen LogP contribution >= 0.6 is 0 Å². The highest BCUT2D eigenvalue weighted by atomic mass is 16.3. The van der Waals surface area contributed by atoms with E-state index in [2.05, 4.69) is 23.5 Å². The van der Waals surface area contributed by atoms with Gasteiger partial charge in [-0.1, -0.05) is 12.1 Å². The average molecular weight is 219 g/mol. The Morgan fingerprint density at radius 2 is 2.19 bits per heavy atom. The van der Waals surface area contributed by atoms with Crippen LogP contribution in [0.2, 0.25) is 0 Å². The third-order valence-electron chi connectivity index (χ3n) is 3.13. The first kappa shape index (κ1) is 11.5. The molecular weight excluding hydrogens is 198 g/mol. The van der Waals surface area contributed by atoms with Gasteiger partial charge < -0.3 is 10.4 Å². The molecule has 1 aliphatic rings. The van der Waals surface area contributed by atoms with Crippen molar-refractivity contribution in [2.24, 2.45) is 0 Å². The summed E-state index contributed by atoms with van der Waals surface area (Å²) in [6.07, 6.45) is 4.18. The molecule has 0 saturated heterocycles. The SMILES string of the molecule is CC(C)(O)CCc1ccc2c(c1)CCCN2. The summed E-state index contributed by atoms with van der Waals surface area (Å²) >= 11 is 0. The van der Waals surface area contributed by atoms with E-state index in [-0.39, 0.29) is 0 Å². The summed E-state index contributed by atoms with van der Waals surface area (Å²) in [7, 11) is 0. The molecule has 2 heteroatoms. The van der Waals surface area contributed by atoms with Gasteiger partial charge in [0, 0.05) is 12.2 Å². The summed E-state index contributed by atoms with van der Waals surface area (Å²) < 4.78 is 0. The van der Waals surface area contributed by atoms with Crippen LogP contribution in [0, 0.1) is 0 Å². The number of benzene rings is 1. The second kappa shape index (κ2) is 4.46. The van der Waals surface area contributed by atoms with Crippen LogP contribution in [0.4, 0.5) is 5.69 Å². The van der Waals surface area contributed by atoms with E-state index in [1.54, 1.807) is 0 Å². The van der Waals surface area contributed by atoms with E-state index in [9.17, 15) is 5.11 Å². The smallest absolute Gasteiger partial charge is 0.0594 e. The van der Waals surface area contributed by atoms with Crippen molar-refractivity contribution in [3.05, 3.63) is 29.3 Å². The second-order valence-electron chi connectivity index (χ2n) is 5.33. The van der Waals surface area contributed by atoms with Crippen LogP contribution in [0.15, 0.2) is 18.2 Å². The quantitative estimate of drug-likeness (QED) is 0.819. The third-order valence-corrected chi connectivity index (χ3v) is 3.13. The second-order valence-corrected chi connectivity index (χ2v) is 5.33. The Morgan fingerprint density at radius 3 is 2.94 bits per heavy atom. The molecule has 0 bridgehead atoms. The predicted molar refractivity (Wildman–Crippen MR) is 67.9 cm³/mol. The minimum absolute atomic E-state index is 0.561. The zero-order valence-electron chi connectivity index (χ0n) is 10.2. The van der Waals surface area contributed by atoms with Crippen molar-refractivity contribution in [1.82, 2.24) is 0 Å². The lowest BCUT2D eigenvalue weighted by atomic mass is 9.95. The first-order valence-electron chi connectivity index (χ1n) is 6.13. The lowest BCUT2D eigenvalue weighted by Gasteiger charge is -2.20. The van der Waals surface area contributed by atoms with E-state index in [0.29, 0.717) is 0 Å². The van der Waals surface area contributed by atoms with Crippen molar-refractivity contribution in [1.29, 1.82) is 0 Å². The molecule has 0 atom stereocenters. The topological polar surface area (TPSA) is 32.3 Å². The van der Waals surface area contributed by atoms with Crippen LogP contribution in [0.3, 0.4) is 0 Å². The molecule has 16 heavy (non-hydrogen) atoms. The van der Waals surface area contributed by atoms with E-state index in [4.69, 9.17) is 0 Å². The zero-order chi connectivity index (χ0) is 11.6. The number of aliphatic hydroxyl groups is 1. The van der Waals surface area contributed by atoms with Gasteiger partial charge in [0.05, 0.1) is 5.60 Å². The third kappa shape index (κ3) is 2.99. The van der Waals surface area contributed by atoms with Gasteiger partial charge in [-0.3, -0.25) is 0 Å². The van der Waals surface area contributed by atoms with Crippen molar-refractivity contribution in [3.8, 4) is 0 Å². The van der Waals surface area contributed by atoms with E-state index >= 15 is 0 Å². The maximum atomic E-state index is 9.71. The zero-order valence-corrected chi connectivity index (χ0v) is 10.2. The van der Waals surface area contributed by atoms with E-state index in [0.717, 1.165) is 19.4 Å². The average Bonchev–Trinajstić information content (AvgIpc) is 2.25. The van der Waals surface area contributed by atoms with Gasteiger partial charge in [0.1, 0.15) is 0 Å². The lowest BCUT2D eigenvalue weighted by molar-refractivity contribution is 0.0714. The lowest BCUT2D eigenvalue weighted by Crippen LogP contribution is -2.19. The summed E-state index contributed by atoms with van der Waals surface area (Å²) in [6, 6.07) is 6.63. The van der Waals surface area contributed by atoms with Gasteiger partial charge in [-0.25, -0.2) is 0 Å². The molecular formula is C14H21NO. The molecule has 0 radical (unpaired) electrons. The normalized spacial score (nSPS) is 15.4. The molecule has 0 aliphatic carbocycles. The first-order chi connectivity index (χ1) is 7.54. The Morgan fingerprint density at radius 1 is 1.38 bits per heavy atom. The maximum Gasteiger partial charge on any atom is 0.0594 e. The van der Waals surface area contributed by atoms with E-state index < -0.39 is 5.60 Å². The number of hydrogen-bond donors (Lipinski definition) is 2. The fourth-order valence-electron chi connectivity index (χ4n) is 2.13. The fourth-order valence-corrected chi connectivity index (χ4v) is 2.13. The number of aryl methyl sites for hydroxylation is 2. The minimum Gasteiger partial charge on any atom is -0.390 e. The van der Waals surface area contributed by atoms with Crippen molar-refractivity contribution < 1.29 is 5.11 Å². The van der Waals surface area contributed by atoms with Gasteiger partial charge in [-0.2, -0.15) is 0 Å². The van der Waals surface area contributed by atoms with Gasteiger partial charge in [0.2, 0.25) is 0 Å². The van der Waals surface area contributed by atoms with Crippen molar-refractivity contribution in [2.75, 3.05) is 11.9 Å². The van der Waals surface area contributed by atoms with Crippen LogP contribution in [0.1, 0.15) is 37.8 Å². The molecule has 1 heterocycles. The van der Waals surface area contributed by atoms with Gasteiger partial charge in [-0.05, 0) is 56.7 Å². The highest BCUT2D eigenvalue weighted by Crippen LogP contribution is 2.24. The molecule has 0 fully saturated rings. The summed E-state index contributed by atoms with van der Waals surface area (Å²) in [5, 5.41) is 13.1. The number of fused-ring (bicyclic) bond motifs is 1. The Bertz CT molecular complexity index is 365. The highest BCUT2D eigenvalue weighted by molar-refractivity contribution is 5.54. The molecule has 2 N–H and O–H groups in total. The molecule has 0 saturated carbocycles. The molecule has 1 aliphatic heterocycles.